The molecule has 3 aromatic rings. The zero-order valence-corrected chi connectivity index (χ0v) is 22.8. The number of halogens is 3. The summed E-state index contributed by atoms with van der Waals surface area (Å²) >= 11 is 16.4. The second-order valence-corrected chi connectivity index (χ2v) is 10.6. The van der Waals surface area contributed by atoms with Gasteiger partial charge < -0.3 is 10.1 Å². The fourth-order valence-electron chi connectivity index (χ4n) is 3.42. The molecule has 1 N–H and O–H groups in total. The number of thioether (sulfide) groups is 1. The van der Waals surface area contributed by atoms with Crippen LogP contribution in [0.4, 0.5) is 10.5 Å². The summed E-state index contributed by atoms with van der Waals surface area (Å²) in [5.74, 6) is -0.376. The van der Waals surface area contributed by atoms with E-state index in [0.717, 1.165) is 26.7 Å². The number of rotatable bonds is 7. The number of hydrogen-bond donors (Lipinski definition) is 1. The van der Waals surface area contributed by atoms with Gasteiger partial charge in [-0.25, -0.2) is 0 Å². The van der Waals surface area contributed by atoms with Gasteiger partial charge in [0.15, 0.2) is 6.61 Å². The fourth-order valence-corrected chi connectivity index (χ4v) is 5.10. The van der Waals surface area contributed by atoms with Crippen molar-refractivity contribution in [3.8, 4) is 5.75 Å². The zero-order chi connectivity index (χ0) is 25.8. The molecule has 184 valence electrons. The maximum Gasteiger partial charge on any atom is 0.293 e. The van der Waals surface area contributed by atoms with E-state index in [2.05, 4.69) is 21.2 Å². The highest BCUT2D eigenvalue weighted by Gasteiger charge is 2.35. The summed E-state index contributed by atoms with van der Waals surface area (Å²) in [5, 5.41) is 3.22. The van der Waals surface area contributed by atoms with Gasteiger partial charge in [-0.15, -0.1) is 0 Å². The van der Waals surface area contributed by atoms with Gasteiger partial charge in [0.1, 0.15) is 5.75 Å². The molecular weight excluding hydrogens is 587 g/mol. The molecule has 10 heteroatoms. The lowest BCUT2D eigenvalue weighted by atomic mass is 10.1. The van der Waals surface area contributed by atoms with Crippen LogP contribution in [-0.2, 0) is 16.1 Å². The molecule has 1 saturated heterocycles. The number of nitrogens with one attached hydrogen (secondary N) is 1. The smallest absolute Gasteiger partial charge is 0.293 e. The Morgan fingerprint density at radius 1 is 1.11 bits per heavy atom. The molecule has 0 atom stereocenters. The molecule has 0 aliphatic carbocycles. The van der Waals surface area contributed by atoms with Crippen molar-refractivity contribution in [1.82, 2.24) is 4.90 Å². The number of benzene rings is 3. The molecule has 0 aromatic heterocycles. The number of amides is 3. The van der Waals surface area contributed by atoms with Crippen LogP contribution in [0.15, 0.2) is 70.0 Å². The van der Waals surface area contributed by atoms with Gasteiger partial charge >= 0.3 is 0 Å². The van der Waals surface area contributed by atoms with Crippen molar-refractivity contribution >= 4 is 79.7 Å². The van der Waals surface area contributed by atoms with Gasteiger partial charge in [0, 0.05) is 25.8 Å². The molecule has 3 amide bonds. The standard InChI is InChI=1S/C26H19BrCl2N2O4S/c1-15-3-2-4-20(9-15)30-24(32)14-35-22-8-6-18(27)10-17(22)11-23-25(33)31(26(34)36-23)13-16-5-7-19(28)12-21(16)29/h2-12H,13-14H2,1H3,(H,30,32)/b23-11-. The number of anilines is 1. The lowest BCUT2D eigenvalue weighted by Crippen LogP contribution is -2.27. The van der Waals surface area contributed by atoms with Crippen LogP contribution in [0, 0.1) is 6.92 Å². The average Bonchev–Trinajstić information content (AvgIpc) is 3.07. The maximum absolute atomic E-state index is 13.0. The molecule has 0 unspecified atom stereocenters. The van der Waals surface area contributed by atoms with Crippen LogP contribution >= 0.6 is 50.9 Å². The first-order valence-corrected chi connectivity index (χ1v) is 13.0. The lowest BCUT2D eigenvalue weighted by Gasteiger charge is -2.14. The Labute approximate surface area is 230 Å². The molecular formula is C26H19BrCl2N2O4S. The molecule has 0 spiro atoms. The molecule has 1 fully saturated rings. The molecule has 0 bridgehead atoms. The monoisotopic (exact) mass is 604 g/mol. The van der Waals surface area contributed by atoms with Crippen molar-refractivity contribution in [1.29, 1.82) is 0 Å². The Balaban J connectivity index is 1.49. The van der Waals surface area contributed by atoms with E-state index >= 15 is 0 Å². The SMILES string of the molecule is Cc1cccc(NC(=O)COc2ccc(Br)cc2/C=C2\SC(=O)N(Cc3ccc(Cl)cc3Cl)C2=O)c1. The number of imide groups is 1. The second kappa shape index (κ2) is 11.5. The van der Waals surface area contributed by atoms with E-state index in [1.165, 1.54) is 0 Å². The van der Waals surface area contributed by atoms with Crippen molar-refractivity contribution < 1.29 is 19.1 Å². The quantitative estimate of drug-likeness (QED) is 0.286. The minimum atomic E-state index is -0.445. The second-order valence-electron chi connectivity index (χ2n) is 7.89. The Hall–Kier alpha value is -2.78. The van der Waals surface area contributed by atoms with E-state index in [0.29, 0.717) is 32.6 Å². The molecule has 1 aliphatic heterocycles. The molecule has 1 heterocycles. The number of carbonyl (C=O) groups excluding carboxylic acids is 3. The number of hydrogen-bond acceptors (Lipinski definition) is 5. The van der Waals surface area contributed by atoms with Crippen LogP contribution in [0.5, 0.6) is 5.75 Å². The first kappa shape index (κ1) is 26.3. The Morgan fingerprint density at radius 3 is 2.67 bits per heavy atom. The summed E-state index contributed by atoms with van der Waals surface area (Å²) in [6, 6.07) is 17.5. The van der Waals surface area contributed by atoms with Crippen molar-refractivity contribution in [2.24, 2.45) is 0 Å². The van der Waals surface area contributed by atoms with E-state index in [1.54, 1.807) is 48.5 Å². The summed E-state index contributed by atoms with van der Waals surface area (Å²) in [7, 11) is 0. The lowest BCUT2D eigenvalue weighted by molar-refractivity contribution is -0.123. The van der Waals surface area contributed by atoms with E-state index in [1.807, 2.05) is 25.1 Å². The van der Waals surface area contributed by atoms with Gasteiger partial charge in [-0.1, -0.05) is 57.3 Å². The Morgan fingerprint density at radius 2 is 1.92 bits per heavy atom. The highest BCUT2D eigenvalue weighted by Crippen LogP contribution is 2.36. The van der Waals surface area contributed by atoms with E-state index in [9.17, 15) is 14.4 Å². The average molecular weight is 606 g/mol. The number of aryl methyl sites for hydroxylation is 1. The summed E-state index contributed by atoms with van der Waals surface area (Å²) < 4.78 is 6.50. The third kappa shape index (κ3) is 6.50. The van der Waals surface area contributed by atoms with Crippen molar-refractivity contribution in [3.63, 3.8) is 0 Å². The van der Waals surface area contributed by atoms with E-state index in [4.69, 9.17) is 27.9 Å². The third-order valence-corrected chi connectivity index (χ3v) is 7.12. The number of carbonyl (C=O) groups is 3. The third-order valence-electron chi connectivity index (χ3n) is 5.14. The predicted octanol–water partition coefficient (Wildman–Crippen LogP) is 7.32. The van der Waals surface area contributed by atoms with Crippen LogP contribution < -0.4 is 10.1 Å². The number of ether oxygens (including phenoxy) is 1. The highest BCUT2D eigenvalue weighted by molar-refractivity contribution is 9.10. The Kier molecular flexibility index (Phi) is 8.41. The van der Waals surface area contributed by atoms with Crippen LogP contribution in [0.1, 0.15) is 16.7 Å². The van der Waals surface area contributed by atoms with Gasteiger partial charge in [-0.2, -0.15) is 0 Å². The van der Waals surface area contributed by atoms with Gasteiger partial charge in [0.25, 0.3) is 17.1 Å². The Bertz CT molecular complexity index is 1400. The largest absolute Gasteiger partial charge is 0.483 e. The highest BCUT2D eigenvalue weighted by atomic mass is 79.9. The van der Waals surface area contributed by atoms with Crippen molar-refractivity contribution in [3.05, 3.63) is 96.8 Å². The van der Waals surface area contributed by atoms with Crippen LogP contribution in [-0.4, -0.2) is 28.6 Å². The first-order chi connectivity index (χ1) is 17.2. The van der Waals surface area contributed by atoms with E-state index in [-0.39, 0.29) is 24.0 Å². The van der Waals surface area contributed by atoms with Crippen LogP contribution in [0.25, 0.3) is 6.08 Å². The van der Waals surface area contributed by atoms with Crippen molar-refractivity contribution in [2.75, 3.05) is 11.9 Å². The summed E-state index contributed by atoms with van der Waals surface area (Å²) in [4.78, 5) is 39.4. The molecule has 3 aromatic carbocycles. The van der Waals surface area contributed by atoms with Crippen LogP contribution in [0.3, 0.4) is 0 Å². The summed E-state index contributed by atoms with van der Waals surface area (Å²) in [6.07, 6.45) is 1.58. The first-order valence-electron chi connectivity index (χ1n) is 10.7. The fraction of sp³-hybridized carbons (Fsp3) is 0.115. The van der Waals surface area contributed by atoms with Gasteiger partial charge in [0.2, 0.25) is 0 Å². The molecule has 0 radical (unpaired) electrons. The summed E-state index contributed by atoms with van der Waals surface area (Å²) in [5.41, 5.74) is 2.85. The molecule has 36 heavy (non-hydrogen) atoms. The minimum Gasteiger partial charge on any atom is -0.483 e. The normalized spacial score (nSPS) is 14.4. The van der Waals surface area contributed by atoms with Crippen molar-refractivity contribution in [2.45, 2.75) is 13.5 Å². The topological polar surface area (TPSA) is 75.7 Å². The van der Waals surface area contributed by atoms with Crippen LogP contribution in [0.2, 0.25) is 10.0 Å². The van der Waals surface area contributed by atoms with Gasteiger partial charge in [-0.05, 0) is 78.4 Å². The maximum atomic E-state index is 13.0. The molecule has 6 nitrogen and oxygen atoms in total. The minimum absolute atomic E-state index is 0.0268. The molecule has 0 saturated carbocycles. The predicted molar refractivity (Wildman–Crippen MR) is 147 cm³/mol. The summed E-state index contributed by atoms with van der Waals surface area (Å²) in [6.45, 7) is 1.73. The number of nitrogens with zero attached hydrogens (tertiary/aromatic N) is 1. The van der Waals surface area contributed by atoms with Gasteiger partial charge in [-0.3, -0.25) is 19.3 Å². The molecule has 1 aliphatic rings. The zero-order valence-electron chi connectivity index (χ0n) is 18.9. The van der Waals surface area contributed by atoms with Gasteiger partial charge in [0.05, 0.1) is 11.4 Å². The molecule has 4 rings (SSSR count). The van der Waals surface area contributed by atoms with E-state index < -0.39 is 11.1 Å².